The Bertz CT molecular complexity index is 4230. The Labute approximate surface area is 464 Å². The van der Waals surface area contributed by atoms with Gasteiger partial charge in [0.15, 0.2) is 7.14 Å². The Morgan fingerprint density at radius 1 is 0.388 bits per heavy atom. The van der Waals surface area contributed by atoms with E-state index in [9.17, 15) is 22.6 Å². The van der Waals surface area contributed by atoms with Crippen molar-refractivity contribution in [2.24, 2.45) is 0 Å². The van der Waals surface area contributed by atoms with Crippen LogP contribution in [0.4, 0.5) is 0 Å². The molecule has 11 aromatic carbocycles. The lowest BCUT2D eigenvalue weighted by Gasteiger charge is -2.26. The van der Waals surface area contributed by atoms with E-state index in [-0.39, 0.29) is 15.4 Å². The van der Waals surface area contributed by atoms with Crippen LogP contribution in [-0.4, -0.2) is 26.7 Å². The molecule has 0 fully saturated rings. The van der Waals surface area contributed by atoms with Gasteiger partial charge in [0, 0.05) is 21.2 Å². The lowest BCUT2D eigenvalue weighted by atomic mass is 10.0. The average Bonchev–Trinajstić information content (AvgIpc) is 3.60. The third-order valence-corrected chi connectivity index (χ3v) is 20.6. The van der Waals surface area contributed by atoms with E-state index < -0.39 is 36.3 Å². The predicted molar refractivity (Wildman–Crippen MR) is 321 cm³/mol. The highest BCUT2D eigenvalue weighted by molar-refractivity contribution is 7.91. The monoisotopic (exact) mass is 1100 g/mol. The Hall–Kier alpha value is -9.30. The molecule has 11 aromatic rings. The summed E-state index contributed by atoms with van der Waals surface area (Å²) in [5.74, 6) is 0.818. The van der Waals surface area contributed by atoms with Crippen LogP contribution in [0.25, 0.3) is 33.0 Å². The molecule has 0 spiro atoms. The molecule has 0 bridgehead atoms. The van der Waals surface area contributed by atoms with E-state index in [1.807, 2.05) is 201 Å². The zero-order valence-electron chi connectivity index (χ0n) is 43.2. The van der Waals surface area contributed by atoms with Gasteiger partial charge in [-0.1, -0.05) is 163 Å². The SMILES string of the molecule is C=P(Oc1ccc(-c2ccc(OC(=O)c3ccc(S(=O)(=O)c4ccc(P(=O)(c5ccccc5)c5ccc(C)cc5)cc4)cc3)cc2)cc1)(Oc1ccc(-c2ccc(OC(=O)c3cccc4ccccc34)cc2)cc1)c1ccccc1. The van der Waals surface area contributed by atoms with Crippen molar-refractivity contribution in [1.29, 1.82) is 0 Å². The topological polar surface area (TPSA) is 122 Å². The van der Waals surface area contributed by atoms with Crippen molar-refractivity contribution in [2.45, 2.75) is 16.7 Å². The molecule has 0 radical (unpaired) electrons. The van der Waals surface area contributed by atoms with Crippen LogP contribution in [0.15, 0.2) is 283 Å². The van der Waals surface area contributed by atoms with Gasteiger partial charge in [0.25, 0.3) is 0 Å². The van der Waals surface area contributed by atoms with Crippen LogP contribution in [0.1, 0.15) is 26.3 Å². The average molecular weight is 1110 g/mol. The Balaban J connectivity index is 0.714. The number of ether oxygens (including phenoxy) is 2. The number of rotatable bonds is 16. The summed E-state index contributed by atoms with van der Waals surface area (Å²) in [5.41, 5.74) is 5.33. The van der Waals surface area contributed by atoms with Gasteiger partial charge in [0.05, 0.1) is 20.9 Å². The van der Waals surface area contributed by atoms with Crippen LogP contribution in [0.2, 0.25) is 0 Å². The highest BCUT2D eigenvalue weighted by atomic mass is 32.2. The van der Waals surface area contributed by atoms with Gasteiger partial charge in [-0.3, -0.25) is 0 Å². The molecule has 12 heteroatoms. The molecule has 0 aliphatic heterocycles. The van der Waals surface area contributed by atoms with Gasteiger partial charge >= 0.3 is 11.9 Å². The lowest BCUT2D eigenvalue weighted by Crippen LogP contribution is -2.25. The van der Waals surface area contributed by atoms with Crippen LogP contribution in [0.5, 0.6) is 23.0 Å². The molecule has 0 aliphatic carbocycles. The summed E-state index contributed by atoms with van der Waals surface area (Å²) in [7, 11) is -10.3. The smallest absolute Gasteiger partial charge is 0.344 e. The highest BCUT2D eigenvalue weighted by Gasteiger charge is 2.31. The molecular weight excluding hydrogens is 1050 g/mol. The van der Waals surface area contributed by atoms with Gasteiger partial charge in [-0.2, -0.15) is 0 Å². The predicted octanol–water partition coefficient (Wildman–Crippen LogP) is 14.5. The van der Waals surface area contributed by atoms with Gasteiger partial charge in [-0.25, -0.2) is 18.0 Å². The number of carbonyl (C=O) groups excluding carboxylic acids is 2. The third kappa shape index (κ3) is 11.2. The Kier molecular flexibility index (Phi) is 14.9. The van der Waals surface area contributed by atoms with Gasteiger partial charge in [-0.05, 0) is 162 Å². The first-order valence-electron chi connectivity index (χ1n) is 25.5. The van der Waals surface area contributed by atoms with Gasteiger partial charge in [0.2, 0.25) is 17.2 Å². The summed E-state index contributed by atoms with van der Waals surface area (Å²) >= 11 is 0. The molecule has 0 N–H and O–H groups in total. The molecule has 0 saturated heterocycles. The quantitative estimate of drug-likeness (QED) is 0.0529. The summed E-state index contributed by atoms with van der Waals surface area (Å²) in [5, 5.41) is 4.42. The van der Waals surface area contributed by atoms with Crippen LogP contribution in [0.3, 0.4) is 0 Å². The van der Waals surface area contributed by atoms with E-state index >= 15 is 0 Å². The maximum absolute atomic E-state index is 14.9. The van der Waals surface area contributed by atoms with Crippen LogP contribution in [-0.2, 0) is 14.4 Å². The summed E-state index contributed by atoms with van der Waals surface area (Å²) in [6.45, 7) is 1.96. The van der Waals surface area contributed by atoms with Crippen molar-refractivity contribution in [3.8, 4) is 45.3 Å². The number of carbonyl (C=O) groups is 2. The first-order chi connectivity index (χ1) is 38.8. The van der Waals surface area contributed by atoms with Crippen LogP contribution in [0, 0.1) is 6.92 Å². The fourth-order valence-corrected chi connectivity index (χ4v) is 15.0. The summed E-state index contributed by atoms with van der Waals surface area (Å²) < 4.78 is 67.2. The van der Waals surface area contributed by atoms with Crippen molar-refractivity contribution in [1.82, 2.24) is 0 Å². The number of hydrogen-bond donors (Lipinski definition) is 0. The maximum Gasteiger partial charge on any atom is 0.344 e. The van der Waals surface area contributed by atoms with Crippen LogP contribution < -0.4 is 39.7 Å². The minimum Gasteiger partial charge on any atom is -0.440 e. The number of hydrogen-bond acceptors (Lipinski definition) is 9. The van der Waals surface area contributed by atoms with Crippen molar-refractivity contribution >= 4 is 74.5 Å². The van der Waals surface area contributed by atoms with Gasteiger partial charge < -0.3 is 23.1 Å². The molecule has 2 atom stereocenters. The molecule has 392 valence electrons. The van der Waals surface area contributed by atoms with Gasteiger partial charge in [0.1, 0.15) is 23.0 Å². The summed E-state index contributed by atoms with van der Waals surface area (Å²) in [4.78, 5) is 26.4. The second-order valence-electron chi connectivity index (χ2n) is 18.9. The number of aryl methyl sites for hydroxylation is 1. The van der Waals surface area contributed by atoms with E-state index in [1.54, 1.807) is 42.5 Å². The van der Waals surface area contributed by atoms with E-state index in [1.165, 1.54) is 36.4 Å². The first-order valence-corrected chi connectivity index (χ1v) is 30.5. The molecule has 0 heterocycles. The molecule has 80 heavy (non-hydrogen) atoms. The fraction of sp³-hybridized carbons (Fsp3) is 0.0147. The van der Waals surface area contributed by atoms with Crippen LogP contribution >= 0.6 is 14.5 Å². The maximum atomic E-state index is 14.9. The van der Waals surface area contributed by atoms with E-state index in [4.69, 9.17) is 18.5 Å². The number of esters is 2. The minimum atomic E-state index is -3.99. The lowest BCUT2D eigenvalue weighted by molar-refractivity contribution is 0.0726. The normalized spacial score (nSPS) is 12.8. The number of fused-ring (bicyclic) bond motifs is 1. The van der Waals surface area contributed by atoms with E-state index in [2.05, 4.69) is 6.30 Å². The largest absolute Gasteiger partial charge is 0.440 e. The number of benzene rings is 11. The summed E-state index contributed by atoms with van der Waals surface area (Å²) in [6.07, 6.45) is 4.52. The summed E-state index contributed by atoms with van der Waals surface area (Å²) in [6, 6.07) is 81.1. The van der Waals surface area contributed by atoms with Crippen molar-refractivity contribution < 1.29 is 41.1 Å². The standard InChI is InChI=1S/C68H50O9P2S/c1-48-20-40-61(41-21-48)79(71,60-16-7-4-8-17-60)62-42-46-64(47-43-62)80(72,73)63-44-30-54(31-45-63)67(69)74-55-32-22-49(23-33-55)51-26-36-57(37-27-51)76-78(2,59-14-5-3-6-15-59)77-58-38-28-52(29-39-58)50-24-34-56(35-25-50)75-68(70)66-19-11-13-53-12-9-10-18-65(53)66/h3-47H,2H2,1H3. The second kappa shape index (κ2) is 22.6. The third-order valence-electron chi connectivity index (χ3n) is 13.6. The molecule has 0 aromatic heterocycles. The highest BCUT2D eigenvalue weighted by Crippen LogP contribution is 2.48. The van der Waals surface area contributed by atoms with Crippen molar-refractivity contribution in [3.05, 3.63) is 290 Å². The molecule has 0 aliphatic rings. The zero-order valence-corrected chi connectivity index (χ0v) is 45.8. The molecule has 0 saturated carbocycles. The Morgan fingerprint density at radius 2 is 0.775 bits per heavy atom. The second-order valence-corrected chi connectivity index (χ2v) is 25.8. The number of sulfone groups is 1. The molecular formula is C68H50O9P2S. The Morgan fingerprint density at radius 3 is 1.27 bits per heavy atom. The van der Waals surface area contributed by atoms with Crippen molar-refractivity contribution in [2.75, 3.05) is 0 Å². The molecule has 11 rings (SSSR count). The fourth-order valence-electron chi connectivity index (χ4n) is 9.28. The van der Waals surface area contributed by atoms with E-state index in [0.29, 0.717) is 44.5 Å². The molecule has 0 amide bonds. The first kappa shape index (κ1) is 52.7. The minimum absolute atomic E-state index is 0.00544. The molecule has 2 unspecified atom stereocenters. The van der Waals surface area contributed by atoms with Gasteiger partial charge in [-0.15, -0.1) is 0 Å². The zero-order chi connectivity index (χ0) is 55.3. The molecule has 9 nitrogen and oxygen atoms in total. The van der Waals surface area contributed by atoms with Crippen molar-refractivity contribution in [3.63, 3.8) is 0 Å². The van der Waals surface area contributed by atoms with E-state index in [0.717, 1.165) is 43.9 Å².